The topological polar surface area (TPSA) is 112 Å². The zero-order valence-electron chi connectivity index (χ0n) is 17.1. The van der Waals surface area contributed by atoms with E-state index in [0.29, 0.717) is 28.4 Å². The zero-order valence-corrected chi connectivity index (χ0v) is 17.1. The van der Waals surface area contributed by atoms with Crippen LogP contribution < -0.4 is 0 Å². The highest BCUT2D eigenvalue weighted by atomic mass is 15.4. The van der Waals surface area contributed by atoms with Crippen LogP contribution in [-0.2, 0) is 17.9 Å². The number of aromatic amines is 1. The highest BCUT2D eigenvalue weighted by Gasteiger charge is 2.28. The largest absolute Gasteiger partial charge is 0.292 e. The maximum absolute atomic E-state index is 9.65. The Bertz CT molecular complexity index is 1070. The van der Waals surface area contributed by atoms with Crippen LogP contribution in [0.2, 0.25) is 0 Å². The van der Waals surface area contributed by atoms with Crippen LogP contribution in [0.25, 0.3) is 5.65 Å². The SMILES string of the molecule is Cc1nnc2c(N=Nc3c(C#N)c(C(C)(C)C)nn3C)c(C(C)(C)C)[nH]n12. The van der Waals surface area contributed by atoms with Crippen molar-refractivity contribution in [1.82, 2.24) is 29.6 Å². The lowest BCUT2D eigenvalue weighted by Crippen LogP contribution is -2.14. The Labute approximate surface area is 158 Å². The van der Waals surface area contributed by atoms with Crippen molar-refractivity contribution in [2.45, 2.75) is 59.3 Å². The molecule has 9 nitrogen and oxygen atoms in total. The predicted molar refractivity (Wildman–Crippen MR) is 102 cm³/mol. The molecule has 142 valence electrons. The molecule has 0 aliphatic rings. The van der Waals surface area contributed by atoms with Crippen LogP contribution in [0.4, 0.5) is 11.5 Å². The Kier molecular flexibility index (Phi) is 4.18. The quantitative estimate of drug-likeness (QED) is 0.690. The first-order valence-corrected chi connectivity index (χ1v) is 8.78. The number of H-pyrrole nitrogens is 1. The lowest BCUT2D eigenvalue weighted by molar-refractivity contribution is 0.552. The molecule has 0 unspecified atom stereocenters. The van der Waals surface area contributed by atoms with Crippen molar-refractivity contribution >= 4 is 17.2 Å². The van der Waals surface area contributed by atoms with Gasteiger partial charge in [0.05, 0.1) is 11.4 Å². The molecule has 0 amide bonds. The predicted octanol–water partition coefficient (Wildman–Crippen LogP) is 3.98. The fraction of sp³-hybridized carbons (Fsp3) is 0.556. The third kappa shape index (κ3) is 3.12. The van der Waals surface area contributed by atoms with Gasteiger partial charge in [-0.2, -0.15) is 10.4 Å². The Morgan fingerprint density at radius 3 is 2.26 bits per heavy atom. The van der Waals surface area contributed by atoms with Gasteiger partial charge < -0.3 is 0 Å². The molecule has 3 heterocycles. The van der Waals surface area contributed by atoms with Crippen LogP contribution in [0.5, 0.6) is 0 Å². The molecule has 0 saturated heterocycles. The number of aryl methyl sites for hydroxylation is 2. The Balaban J connectivity index is 2.18. The second-order valence-electron chi connectivity index (χ2n) is 8.72. The van der Waals surface area contributed by atoms with E-state index in [2.05, 4.69) is 57.5 Å². The summed E-state index contributed by atoms with van der Waals surface area (Å²) in [6.45, 7) is 14.2. The van der Waals surface area contributed by atoms with E-state index in [9.17, 15) is 5.26 Å². The van der Waals surface area contributed by atoms with Gasteiger partial charge in [-0.15, -0.1) is 20.4 Å². The fourth-order valence-electron chi connectivity index (χ4n) is 2.90. The monoisotopic (exact) mass is 367 g/mol. The van der Waals surface area contributed by atoms with E-state index in [4.69, 9.17) is 0 Å². The number of azo groups is 1. The molecule has 0 radical (unpaired) electrons. The van der Waals surface area contributed by atoms with Crippen molar-refractivity contribution in [3.63, 3.8) is 0 Å². The number of fused-ring (bicyclic) bond motifs is 1. The molecule has 1 N–H and O–H groups in total. The van der Waals surface area contributed by atoms with Gasteiger partial charge in [0.25, 0.3) is 0 Å². The van der Waals surface area contributed by atoms with Crippen LogP contribution in [0, 0.1) is 18.3 Å². The van der Waals surface area contributed by atoms with Gasteiger partial charge in [-0.1, -0.05) is 41.5 Å². The second-order valence-corrected chi connectivity index (χ2v) is 8.72. The first-order chi connectivity index (χ1) is 12.4. The summed E-state index contributed by atoms with van der Waals surface area (Å²) in [5.74, 6) is 1.17. The summed E-state index contributed by atoms with van der Waals surface area (Å²) in [6, 6.07) is 2.23. The lowest BCUT2D eigenvalue weighted by Gasteiger charge is -2.16. The van der Waals surface area contributed by atoms with Crippen molar-refractivity contribution in [2.75, 3.05) is 0 Å². The molecule has 9 heteroatoms. The molecular weight excluding hydrogens is 342 g/mol. The first-order valence-electron chi connectivity index (χ1n) is 8.78. The van der Waals surface area contributed by atoms with E-state index in [1.165, 1.54) is 0 Å². The number of nitriles is 1. The molecule has 27 heavy (non-hydrogen) atoms. The van der Waals surface area contributed by atoms with E-state index < -0.39 is 0 Å². The fourth-order valence-corrected chi connectivity index (χ4v) is 2.90. The molecule has 3 aromatic rings. The first kappa shape index (κ1) is 18.8. The van der Waals surface area contributed by atoms with Gasteiger partial charge in [0.15, 0.2) is 11.5 Å². The molecule has 0 spiro atoms. The molecule has 0 saturated carbocycles. The summed E-state index contributed by atoms with van der Waals surface area (Å²) in [5, 5.41) is 34.6. The molecule has 3 aromatic heterocycles. The smallest absolute Gasteiger partial charge is 0.205 e. The van der Waals surface area contributed by atoms with E-state index >= 15 is 0 Å². The third-order valence-corrected chi connectivity index (χ3v) is 4.33. The summed E-state index contributed by atoms with van der Waals surface area (Å²) >= 11 is 0. The minimum Gasteiger partial charge on any atom is -0.292 e. The summed E-state index contributed by atoms with van der Waals surface area (Å²) in [4.78, 5) is 0. The van der Waals surface area contributed by atoms with E-state index in [1.54, 1.807) is 16.2 Å². The van der Waals surface area contributed by atoms with Crippen LogP contribution >= 0.6 is 0 Å². The van der Waals surface area contributed by atoms with E-state index in [1.807, 2.05) is 27.7 Å². The van der Waals surface area contributed by atoms with Crippen LogP contribution in [0.15, 0.2) is 10.2 Å². The number of hydrogen-bond donors (Lipinski definition) is 1. The maximum atomic E-state index is 9.65. The van der Waals surface area contributed by atoms with Gasteiger partial charge in [0, 0.05) is 17.9 Å². The molecule has 0 aliphatic heterocycles. The van der Waals surface area contributed by atoms with Crippen molar-refractivity contribution in [3.05, 3.63) is 22.8 Å². The molecule has 0 aliphatic carbocycles. The summed E-state index contributed by atoms with van der Waals surface area (Å²) < 4.78 is 3.39. The van der Waals surface area contributed by atoms with Gasteiger partial charge in [-0.05, 0) is 6.92 Å². The lowest BCUT2D eigenvalue weighted by atomic mass is 9.90. The van der Waals surface area contributed by atoms with Crippen LogP contribution in [0.1, 0.15) is 64.3 Å². The normalized spacial score (nSPS) is 13.0. The van der Waals surface area contributed by atoms with Crippen molar-refractivity contribution in [2.24, 2.45) is 17.3 Å². The van der Waals surface area contributed by atoms with Gasteiger partial charge >= 0.3 is 0 Å². The highest BCUT2D eigenvalue weighted by Crippen LogP contribution is 2.36. The molecule has 0 bridgehead atoms. The summed E-state index contributed by atoms with van der Waals surface area (Å²) in [7, 11) is 1.77. The number of nitrogens with one attached hydrogen (secondary N) is 1. The zero-order chi connectivity index (χ0) is 20.1. The number of aromatic nitrogens is 6. The third-order valence-electron chi connectivity index (χ3n) is 4.33. The van der Waals surface area contributed by atoms with Crippen LogP contribution in [0.3, 0.4) is 0 Å². The van der Waals surface area contributed by atoms with Gasteiger partial charge in [-0.3, -0.25) is 5.10 Å². The molecule has 0 fully saturated rings. The number of rotatable bonds is 2. The van der Waals surface area contributed by atoms with Gasteiger partial charge in [-0.25, -0.2) is 9.20 Å². The maximum Gasteiger partial charge on any atom is 0.205 e. The van der Waals surface area contributed by atoms with Crippen molar-refractivity contribution in [1.29, 1.82) is 5.26 Å². The van der Waals surface area contributed by atoms with Crippen molar-refractivity contribution < 1.29 is 0 Å². The number of nitrogens with zero attached hydrogens (tertiary/aromatic N) is 8. The van der Waals surface area contributed by atoms with Crippen molar-refractivity contribution in [3.8, 4) is 6.07 Å². The molecular formula is C18H25N9. The molecule has 3 rings (SSSR count). The molecule has 0 atom stereocenters. The Hall–Kier alpha value is -3.02. The Morgan fingerprint density at radius 2 is 1.70 bits per heavy atom. The standard InChI is InChI=1S/C18H25N9/c1-10-20-23-16-12(14(18(5,6)7)25-27(10)16)21-22-15-11(9-19)13(17(2,3)4)24-26(15)8/h25H,1-8H3. The van der Waals surface area contributed by atoms with Gasteiger partial charge in [0.2, 0.25) is 5.65 Å². The van der Waals surface area contributed by atoms with Gasteiger partial charge in [0.1, 0.15) is 17.5 Å². The highest BCUT2D eigenvalue weighted by molar-refractivity contribution is 5.68. The summed E-state index contributed by atoms with van der Waals surface area (Å²) in [5.41, 5.74) is 2.81. The van der Waals surface area contributed by atoms with Crippen LogP contribution in [-0.4, -0.2) is 29.6 Å². The average molecular weight is 367 g/mol. The molecule has 0 aromatic carbocycles. The number of hydrogen-bond acceptors (Lipinski definition) is 6. The second kappa shape index (κ2) is 6.01. The van der Waals surface area contributed by atoms with E-state index in [-0.39, 0.29) is 10.8 Å². The van der Waals surface area contributed by atoms with E-state index in [0.717, 1.165) is 11.5 Å². The minimum atomic E-state index is -0.265. The minimum absolute atomic E-state index is 0.192. The average Bonchev–Trinajstić information content (AvgIpc) is 3.18. The Morgan fingerprint density at radius 1 is 1.04 bits per heavy atom. The summed E-state index contributed by atoms with van der Waals surface area (Å²) in [6.07, 6.45) is 0.